The van der Waals surface area contributed by atoms with Gasteiger partial charge in [-0.05, 0) is 30.5 Å². The summed E-state index contributed by atoms with van der Waals surface area (Å²) in [6.07, 6.45) is 1.51. The van der Waals surface area contributed by atoms with Gasteiger partial charge >= 0.3 is 0 Å². The highest BCUT2D eigenvalue weighted by atomic mass is 16.5. The second-order valence-corrected chi connectivity index (χ2v) is 5.74. The topological polar surface area (TPSA) is 35.5 Å². The lowest BCUT2D eigenvalue weighted by Gasteiger charge is -2.09. The Morgan fingerprint density at radius 3 is 2.63 bits per heavy atom. The minimum absolute atomic E-state index is 0.178. The fraction of sp³-hybridized carbons (Fsp3) is 0.562. The van der Waals surface area contributed by atoms with Crippen LogP contribution in [-0.4, -0.2) is 19.0 Å². The van der Waals surface area contributed by atoms with E-state index in [1.807, 2.05) is 18.2 Å². The van der Waals surface area contributed by atoms with Crippen LogP contribution in [-0.2, 0) is 0 Å². The van der Waals surface area contributed by atoms with Gasteiger partial charge in [-0.3, -0.25) is 4.79 Å². The Kier molecular flexibility index (Phi) is 4.46. The van der Waals surface area contributed by atoms with Gasteiger partial charge in [0, 0.05) is 17.9 Å². The van der Waals surface area contributed by atoms with Gasteiger partial charge in [0.25, 0.3) is 0 Å². The summed E-state index contributed by atoms with van der Waals surface area (Å²) in [6, 6.07) is 5.49. The highest BCUT2D eigenvalue weighted by molar-refractivity contribution is 5.96. The van der Waals surface area contributed by atoms with Crippen molar-refractivity contribution in [1.82, 2.24) is 0 Å². The van der Waals surface area contributed by atoms with Gasteiger partial charge in [0.15, 0.2) is 17.3 Å². The molecule has 0 spiro atoms. The van der Waals surface area contributed by atoms with Gasteiger partial charge in [-0.15, -0.1) is 0 Å². The standard InChI is InChI=1S/C16H22O3/c1-11(2)4-6-14(17)13-5-7-15-16(8-13)19-10-12(3)9-18-15/h5,7-8,11-12H,4,6,9-10H2,1-3H3. The number of hydrogen-bond donors (Lipinski definition) is 0. The zero-order chi connectivity index (χ0) is 13.8. The Labute approximate surface area is 114 Å². The maximum atomic E-state index is 12.1. The first-order valence-electron chi connectivity index (χ1n) is 6.99. The number of ketones is 1. The van der Waals surface area contributed by atoms with Gasteiger partial charge in [0.05, 0.1) is 13.2 Å². The van der Waals surface area contributed by atoms with Crippen LogP contribution in [0.4, 0.5) is 0 Å². The van der Waals surface area contributed by atoms with Crippen molar-refractivity contribution in [2.45, 2.75) is 33.6 Å². The third-order valence-electron chi connectivity index (χ3n) is 3.26. The molecule has 1 aromatic rings. The van der Waals surface area contributed by atoms with Crippen LogP contribution < -0.4 is 9.47 Å². The van der Waals surface area contributed by atoms with Crippen molar-refractivity contribution in [1.29, 1.82) is 0 Å². The minimum Gasteiger partial charge on any atom is -0.489 e. The van der Waals surface area contributed by atoms with Crippen molar-refractivity contribution in [3.8, 4) is 11.5 Å². The molecule has 0 bridgehead atoms. The summed E-state index contributed by atoms with van der Waals surface area (Å²) >= 11 is 0. The summed E-state index contributed by atoms with van der Waals surface area (Å²) in [4.78, 5) is 12.1. The summed E-state index contributed by atoms with van der Waals surface area (Å²) in [5, 5.41) is 0. The monoisotopic (exact) mass is 262 g/mol. The number of rotatable bonds is 4. The van der Waals surface area contributed by atoms with E-state index >= 15 is 0 Å². The van der Waals surface area contributed by atoms with Gasteiger partial charge in [-0.25, -0.2) is 0 Å². The van der Waals surface area contributed by atoms with Gasteiger partial charge in [-0.2, -0.15) is 0 Å². The molecular formula is C16H22O3. The van der Waals surface area contributed by atoms with Crippen LogP contribution in [0.25, 0.3) is 0 Å². The highest BCUT2D eigenvalue weighted by Crippen LogP contribution is 2.31. The Bertz CT molecular complexity index is 451. The van der Waals surface area contributed by atoms with Crippen LogP contribution in [0.15, 0.2) is 18.2 Å². The van der Waals surface area contributed by atoms with E-state index in [1.54, 1.807) is 0 Å². The Hall–Kier alpha value is -1.51. The molecule has 19 heavy (non-hydrogen) atoms. The van der Waals surface area contributed by atoms with E-state index in [1.165, 1.54) is 0 Å². The number of carbonyl (C=O) groups excluding carboxylic acids is 1. The second-order valence-electron chi connectivity index (χ2n) is 5.74. The van der Waals surface area contributed by atoms with Crippen molar-refractivity contribution < 1.29 is 14.3 Å². The number of hydrogen-bond acceptors (Lipinski definition) is 3. The third-order valence-corrected chi connectivity index (χ3v) is 3.26. The zero-order valence-electron chi connectivity index (χ0n) is 11.9. The van der Waals surface area contributed by atoms with Crippen LogP contribution in [0, 0.1) is 11.8 Å². The van der Waals surface area contributed by atoms with E-state index < -0.39 is 0 Å². The molecule has 0 amide bonds. The molecule has 0 radical (unpaired) electrons. The van der Waals surface area contributed by atoms with Crippen LogP contribution in [0.3, 0.4) is 0 Å². The molecular weight excluding hydrogens is 240 g/mol. The van der Waals surface area contributed by atoms with Gasteiger partial charge < -0.3 is 9.47 Å². The van der Waals surface area contributed by atoms with Crippen molar-refractivity contribution in [2.24, 2.45) is 11.8 Å². The largest absolute Gasteiger partial charge is 0.489 e. The lowest BCUT2D eigenvalue weighted by molar-refractivity contribution is 0.0975. The van der Waals surface area contributed by atoms with E-state index in [0.717, 1.165) is 17.7 Å². The molecule has 0 saturated heterocycles. The molecule has 104 valence electrons. The molecule has 1 aromatic carbocycles. The Morgan fingerprint density at radius 2 is 1.95 bits per heavy atom. The predicted octanol–water partition coefficient (Wildman–Crippen LogP) is 3.71. The predicted molar refractivity (Wildman–Crippen MR) is 75.0 cm³/mol. The Morgan fingerprint density at radius 1 is 1.26 bits per heavy atom. The molecule has 0 N–H and O–H groups in total. The van der Waals surface area contributed by atoms with Crippen LogP contribution in [0.5, 0.6) is 11.5 Å². The van der Waals surface area contributed by atoms with Crippen molar-refractivity contribution in [2.75, 3.05) is 13.2 Å². The van der Waals surface area contributed by atoms with Crippen LogP contribution >= 0.6 is 0 Å². The summed E-state index contributed by atoms with van der Waals surface area (Å²) in [5.74, 6) is 2.53. The molecule has 1 aliphatic heterocycles. The zero-order valence-corrected chi connectivity index (χ0v) is 11.9. The fourth-order valence-corrected chi connectivity index (χ4v) is 1.99. The molecule has 0 saturated carbocycles. The maximum Gasteiger partial charge on any atom is 0.163 e. The number of fused-ring (bicyclic) bond motifs is 1. The smallest absolute Gasteiger partial charge is 0.163 e. The molecule has 0 aliphatic carbocycles. The summed E-state index contributed by atoms with van der Waals surface area (Å²) in [5.41, 5.74) is 0.720. The molecule has 1 unspecified atom stereocenters. The number of ether oxygens (including phenoxy) is 2. The Balaban J connectivity index is 2.10. The van der Waals surface area contributed by atoms with E-state index in [-0.39, 0.29) is 5.78 Å². The van der Waals surface area contributed by atoms with E-state index in [0.29, 0.717) is 37.2 Å². The summed E-state index contributed by atoms with van der Waals surface area (Å²) in [7, 11) is 0. The second kappa shape index (κ2) is 6.09. The van der Waals surface area contributed by atoms with Crippen molar-refractivity contribution >= 4 is 5.78 Å². The summed E-state index contributed by atoms with van der Waals surface area (Å²) in [6.45, 7) is 7.64. The number of carbonyl (C=O) groups is 1. The van der Waals surface area contributed by atoms with E-state index in [9.17, 15) is 4.79 Å². The maximum absolute atomic E-state index is 12.1. The SMILES string of the molecule is CC(C)CCC(=O)c1ccc2c(c1)OCC(C)CO2. The third kappa shape index (κ3) is 3.72. The molecule has 1 aliphatic rings. The molecule has 1 heterocycles. The minimum atomic E-state index is 0.178. The van der Waals surface area contributed by atoms with Crippen LogP contribution in [0.2, 0.25) is 0 Å². The average molecular weight is 262 g/mol. The quantitative estimate of drug-likeness (QED) is 0.776. The normalized spacial score (nSPS) is 18.2. The highest BCUT2D eigenvalue weighted by Gasteiger charge is 2.17. The first-order chi connectivity index (χ1) is 9.06. The number of benzene rings is 1. The first-order valence-corrected chi connectivity index (χ1v) is 6.99. The molecule has 0 aromatic heterocycles. The van der Waals surface area contributed by atoms with E-state index in [2.05, 4.69) is 20.8 Å². The summed E-state index contributed by atoms with van der Waals surface area (Å²) < 4.78 is 11.4. The van der Waals surface area contributed by atoms with E-state index in [4.69, 9.17) is 9.47 Å². The average Bonchev–Trinajstić information content (AvgIpc) is 2.58. The lowest BCUT2D eigenvalue weighted by Crippen LogP contribution is -2.12. The van der Waals surface area contributed by atoms with Gasteiger partial charge in [-0.1, -0.05) is 20.8 Å². The number of Topliss-reactive ketones (excluding diaryl/α,β-unsaturated/α-hetero) is 1. The molecule has 2 rings (SSSR count). The van der Waals surface area contributed by atoms with Crippen molar-refractivity contribution in [3.05, 3.63) is 23.8 Å². The van der Waals surface area contributed by atoms with Gasteiger partial charge in [0.2, 0.25) is 0 Å². The first kappa shape index (κ1) is 13.9. The molecule has 3 heteroatoms. The fourth-order valence-electron chi connectivity index (χ4n) is 1.99. The molecule has 0 fully saturated rings. The lowest BCUT2D eigenvalue weighted by atomic mass is 10.0. The van der Waals surface area contributed by atoms with Gasteiger partial charge in [0.1, 0.15) is 0 Å². The van der Waals surface area contributed by atoms with Crippen LogP contribution in [0.1, 0.15) is 44.0 Å². The van der Waals surface area contributed by atoms with Crippen molar-refractivity contribution in [3.63, 3.8) is 0 Å². The molecule has 3 nitrogen and oxygen atoms in total. The molecule has 1 atom stereocenters.